The molecular weight excluding hydrogens is 322 g/mol. The van der Waals surface area contributed by atoms with Crippen molar-refractivity contribution in [2.75, 3.05) is 40.4 Å². The van der Waals surface area contributed by atoms with Gasteiger partial charge in [0, 0.05) is 18.5 Å². The van der Waals surface area contributed by atoms with Crippen LogP contribution in [0.2, 0.25) is 0 Å². The molecule has 0 spiro atoms. The number of benzene rings is 1. The zero-order valence-corrected chi connectivity index (χ0v) is 15.2. The summed E-state index contributed by atoms with van der Waals surface area (Å²) in [7, 11) is 3.25. The van der Waals surface area contributed by atoms with Crippen molar-refractivity contribution in [2.45, 2.75) is 26.3 Å². The predicted molar refractivity (Wildman–Crippen MR) is 94.0 cm³/mol. The minimum atomic E-state index is -0.147. The number of fused-ring (bicyclic) bond motifs is 1. The summed E-state index contributed by atoms with van der Waals surface area (Å²) in [6.45, 7) is 4.64. The summed E-state index contributed by atoms with van der Waals surface area (Å²) in [6.07, 6.45) is 1.76. The van der Waals surface area contributed by atoms with Gasteiger partial charge in [-0.3, -0.25) is 9.59 Å². The lowest BCUT2D eigenvalue weighted by atomic mass is 9.99. The first-order valence-corrected chi connectivity index (χ1v) is 8.68. The number of quaternary nitrogens is 1. The summed E-state index contributed by atoms with van der Waals surface area (Å²) in [5.41, 5.74) is 2.41. The molecule has 1 heterocycles. The molecule has 1 atom stereocenters. The molecule has 7 heteroatoms. The molecular formula is C18H28N3O4+. The van der Waals surface area contributed by atoms with Crippen molar-refractivity contribution in [2.24, 2.45) is 0 Å². The van der Waals surface area contributed by atoms with Gasteiger partial charge in [0.05, 0.1) is 27.3 Å². The van der Waals surface area contributed by atoms with E-state index in [-0.39, 0.29) is 18.4 Å². The molecule has 0 aromatic heterocycles. The fourth-order valence-corrected chi connectivity index (χ4v) is 2.98. The summed E-state index contributed by atoms with van der Waals surface area (Å²) < 4.78 is 10.7. The van der Waals surface area contributed by atoms with Gasteiger partial charge in [-0.1, -0.05) is 6.92 Å². The molecule has 0 radical (unpaired) electrons. The van der Waals surface area contributed by atoms with Gasteiger partial charge in [-0.2, -0.15) is 0 Å². The van der Waals surface area contributed by atoms with Gasteiger partial charge >= 0.3 is 0 Å². The van der Waals surface area contributed by atoms with Crippen molar-refractivity contribution < 1.29 is 24.0 Å². The highest BCUT2D eigenvalue weighted by Gasteiger charge is 2.24. The lowest BCUT2D eigenvalue weighted by Gasteiger charge is -2.26. The van der Waals surface area contributed by atoms with Gasteiger partial charge in [0.2, 0.25) is 5.91 Å². The first-order chi connectivity index (χ1) is 12.1. The Hall–Kier alpha value is -2.28. The third-order valence-corrected chi connectivity index (χ3v) is 4.32. The van der Waals surface area contributed by atoms with E-state index in [9.17, 15) is 9.59 Å². The van der Waals surface area contributed by atoms with E-state index in [0.717, 1.165) is 31.7 Å². The van der Waals surface area contributed by atoms with Crippen LogP contribution in [0.3, 0.4) is 0 Å². The molecule has 1 aliphatic heterocycles. The SMILES string of the molecule is CCCNC(=O)CNC(=O)C[NH+]1CCc2cc(OC)c(OC)cc2C1. The van der Waals surface area contributed by atoms with Crippen LogP contribution in [-0.2, 0) is 22.6 Å². The molecule has 0 saturated carbocycles. The second kappa shape index (κ2) is 9.27. The lowest BCUT2D eigenvalue weighted by molar-refractivity contribution is -0.908. The standard InChI is InChI=1S/C18H27N3O4/c1-4-6-19-17(22)10-20-18(23)12-21-7-5-13-8-15(24-2)16(25-3)9-14(13)11-21/h8-9H,4-7,10-12H2,1-3H3,(H,19,22)(H,20,23)/p+1. The maximum atomic E-state index is 12.1. The first-order valence-electron chi connectivity index (χ1n) is 8.68. The van der Waals surface area contributed by atoms with Crippen LogP contribution in [0, 0.1) is 0 Å². The molecule has 2 amide bonds. The van der Waals surface area contributed by atoms with E-state index in [1.54, 1.807) is 14.2 Å². The highest BCUT2D eigenvalue weighted by molar-refractivity contribution is 5.85. The predicted octanol–water partition coefficient (Wildman–Crippen LogP) is -0.713. The molecule has 25 heavy (non-hydrogen) atoms. The number of methoxy groups -OCH3 is 2. The first kappa shape index (κ1) is 19.1. The maximum absolute atomic E-state index is 12.1. The van der Waals surface area contributed by atoms with Crippen LogP contribution in [0.1, 0.15) is 24.5 Å². The van der Waals surface area contributed by atoms with E-state index >= 15 is 0 Å². The van der Waals surface area contributed by atoms with Crippen molar-refractivity contribution >= 4 is 11.8 Å². The summed E-state index contributed by atoms with van der Waals surface area (Å²) in [5.74, 6) is 1.19. The molecule has 0 aliphatic carbocycles. The number of hydrogen-bond acceptors (Lipinski definition) is 4. The molecule has 0 fully saturated rings. The van der Waals surface area contributed by atoms with Crippen LogP contribution in [0.15, 0.2) is 12.1 Å². The van der Waals surface area contributed by atoms with Gasteiger partial charge < -0.3 is 25.0 Å². The number of amides is 2. The summed E-state index contributed by atoms with van der Waals surface area (Å²) >= 11 is 0. The Kier molecular flexibility index (Phi) is 7.06. The van der Waals surface area contributed by atoms with Crippen molar-refractivity contribution in [3.8, 4) is 11.5 Å². The van der Waals surface area contributed by atoms with Gasteiger partial charge in [-0.05, 0) is 24.1 Å². The van der Waals surface area contributed by atoms with Gasteiger partial charge in [0.15, 0.2) is 18.0 Å². The molecule has 0 bridgehead atoms. The quantitative estimate of drug-likeness (QED) is 0.578. The number of carbonyl (C=O) groups is 2. The minimum Gasteiger partial charge on any atom is -0.493 e. The second-order valence-corrected chi connectivity index (χ2v) is 6.21. The molecule has 0 saturated heterocycles. The smallest absolute Gasteiger partial charge is 0.275 e. The zero-order valence-electron chi connectivity index (χ0n) is 15.2. The van der Waals surface area contributed by atoms with E-state index in [1.165, 1.54) is 16.0 Å². The molecule has 1 unspecified atom stereocenters. The Bertz CT molecular complexity index is 619. The fraction of sp³-hybridized carbons (Fsp3) is 0.556. The van der Waals surface area contributed by atoms with Gasteiger partial charge in [0.1, 0.15) is 6.54 Å². The number of ether oxygens (including phenoxy) is 2. The van der Waals surface area contributed by atoms with Crippen molar-refractivity contribution in [3.63, 3.8) is 0 Å². The van der Waals surface area contributed by atoms with Crippen LogP contribution < -0.4 is 25.0 Å². The van der Waals surface area contributed by atoms with Crippen LogP contribution in [0.4, 0.5) is 0 Å². The van der Waals surface area contributed by atoms with Crippen molar-refractivity contribution in [1.82, 2.24) is 10.6 Å². The molecule has 1 aromatic carbocycles. The monoisotopic (exact) mass is 350 g/mol. The van der Waals surface area contributed by atoms with E-state index < -0.39 is 0 Å². The average Bonchev–Trinajstić information content (AvgIpc) is 2.63. The second-order valence-electron chi connectivity index (χ2n) is 6.21. The molecule has 7 nitrogen and oxygen atoms in total. The molecule has 138 valence electrons. The average molecular weight is 350 g/mol. The Labute approximate surface area is 148 Å². The number of carbonyl (C=O) groups excluding carboxylic acids is 2. The highest BCUT2D eigenvalue weighted by Crippen LogP contribution is 2.31. The Morgan fingerprint density at radius 3 is 2.40 bits per heavy atom. The molecule has 1 aromatic rings. The minimum absolute atomic E-state index is 0.0354. The van der Waals surface area contributed by atoms with E-state index in [1.807, 2.05) is 19.1 Å². The summed E-state index contributed by atoms with van der Waals surface area (Å²) in [6, 6.07) is 4.01. The topological polar surface area (TPSA) is 81.1 Å². The third-order valence-electron chi connectivity index (χ3n) is 4.32. The normalized spacial score (nSPS) is 15.9. The zero-order chi connectivity index (χ0) is 18.2. The van der Waals surface area contributed by atoms with Crippen molar-refractivity contribution in [1.29, 1.82) is 0 Å². The fourth-order valence-electron chi connectivity index (χ4n) is 2.98. The third kappa shape index (κ3) is 5.35. The van der Waals surface area contributed by atoms with Crippen LogP contribution in [0.25, 0.3) is 0 Å². The molecule has 2 rings (SSSR count). The van der Waals surface area contributed by atoms with Gasteiger partial charge in [0.25, 0.3) is 5.91 Å². The van der Waals surface area contributed by atoms with Gasteiger partial charge in [-0.15, -0.1) is 0 Å². The van der Waals surface area contributed by atoms with E-state index in [0.29, 0.717) is 18.8 Å². The maximum Gasteiger partial charge on any atom is 0.275 e. The number of rotatable bonds is 8. The van der Waals surface area contributed by atoms with Crippen LogP contribution in [-0.4, -0.2) is 52.2 Å². The Morgan fingerprint density at radius 1 is 1.08 bits per heavy atom. The summed E-state index contributed by atoms with van der Waals surface area (Å²) in [5, 5.41) is 5.43. The van der Waals surface area contributed by atoms with Gasteiger partial charge in [-0.25, -0.2) is 0 Å². The highest BCUT2D eigenvalue weighted by atomic mass is 16.5. The van der Waals surface area contributed by atoms with Crippen LogP contribution in [0.5, 0.6) is 11.5 Å². The van der Waals surface area contributed by atoms with Crippen LogP contribution >= 0.6 is 0 Å². The van der Waals surface area contributed by atoms with E-state index in [4.69, 9.17) is 9.47 Å². The molecule has 1 aliphatic rings. The van der Waals surface area contributed by atoms with Crippen molar-refractivity contribution in [3.05, 3.63) is 23.3 Å². The Morgan fingerprint density at radius 2 is 1.76 bits per heavy atom. The summed E-state index contributed by atoms with van der Waals surface area (Å²) in [4.78, 5) is 24.8. The number of hydrogen-bond donors (Lipinski definition) is 3. The largest absolute Gasteiger partial charge is 0.493 e. The number of nitrogens with one attached hydrogen (secondary N) is 3. The lowest BCUT2D eigenvalue weighted by Crippen LogP contribution is -3.12. The van der Waals surface area contributed by atoms with E-state index in [2.05, 4.69) is 10.6 Å². The Balaban J connectivity index is 1.87. The molecule has 3 N–H and O–H groups in total.